The molecule has 0 bridgehead atoms. The Morgan fingerprint density at radius 1 is 1.15 bits per heavy atom. The van der Waals surface area contributed by atoms with Crippen LogP contribution in [0.3, 0.4) is 0 Å². The van der Waals surface area contributed by atoms with Gasteiger partial charge in [0, 0.05) is 24.6 Å². The number of nitrogens with one attached hydrogen (secondary N) is 1. The monoisotopic (exact) mass is 375 g/mol. The van der Waals surface area contributed by atoms with E-state index >= 15 is 0 Å². The maximum absolute atomic E-state index is 12.8. The number of hydrogen-bond donors (Lipinski definition) is 1. The third kappa shape index (κ3) is 4.51. The zero-order valence-electron chi connectivity index (χ0n) is 17.1. The van der Waals surface area contributed by atoms with Gasteiger partial charge in [-0.3, -0.25) is 14.5 Å². The van der Waals surface area contributed by atoms with Crippen molar-refractivity contribution in [3.63, 3.8) is 0 Å². The molecule has 7 nitrogen and oxygen atoms in total. The third-order valence-corrected chi connectivity index (χ3v) is 5.76. The first kappa shape index (κ1) is 19.9. The highest BCUT2D eigenvalue weighted by Gasteiger charge is 2.31. The van der Waals surface area contributed by atoms with Gasteiger partial charge < -0.3 is 10.2 Å². The van der Waals surface area contributed by atoms with Crippen molar-refractivity contribution in [2.45, 2.75) is 65.5 Å². The van der Waals surface area contributed by atoms with E-state index in [0.717, 1.165) is 44.8 Å². The summed E-state index contributed by atoms with van der Waals surface area (Å²) >= 11 is 0. The summed E-state index contributed by atoms with van der Waals surface area (Å²) < 4.78 is 1.91. The second-order valence-electron chi connectivity index (χ2n) is 8.84. The zero-order chi connectivity index (χ0) is 19.6. The van der Waals surface area contributed by atoms with E-state index in [0.29, 0.717) is 0 Å². The van der Waals surface area contributed by atoms with Crippen LogP contribution in [0.1, 0.15) is 59.4 Å². The Labute approximate surface area is 162 Å². The molecule has 0 radical (unpaired) electrons. The number of piperidine rings is 1. The Balaban J connectivity index is 1.57. The highest BCUT2D eigenvalue weighted by molar-refractivity contribution is 5.93. The average Bonchev–Trinajstić information content (AvgIpc) is 3.32. The van der Waals surface area contributed by atoms with Gasteiger partial charge >= 0.3 is 0 Å². The van der Waals surface area contributed by atoms with Crippen LogP contribution in [-0.2, 0) is 9.59 Å². The van der Waals surface area contributed by atoms with Crippen LogP contribution in [0.5, 0.6) is 0 Å². The Morgan fingerprint density at radius 2 is 1.78 bits per heavy atom. The number of amides is 2. The molecule has 3 rings (SSSR count). The first-order valence-electron chi connectivity index (χ1n) is 10.1. The Hall–Kier alpha value is -1.89. The number of anilines is 1. The SMILES string of the molecule is C[C@@H](C(=O)N1CCC(n2nccc2NC(=O)C(C)(C)C)CC1)N1CCCC1. The predicted molar refractivity (Wildman–Crippen MR) is 105 cm³/mol. The second-order valence-corrected chi connectivity index (χ2v) is 8.84. The summed E-state index contributed by atoms with van der Waals surface area (Å²) in [5.41, 5.74) is -0.448. The molecule has 0 aliphatic carbocycles. The van der Waals surface area contributed by atoms with Gasteiger partial charge in [0.25, 0.3) is 0 Å². The van der Waals surface area contributed by atoms with E-state index in [1.807, 2.05) is 43.3 Å². The number of carbonyl (C=O) groups is 2. The van der Waals surface area contributed by atoms with Gasteiger partial charge in [0.1, 0.15) is 5.82 Å². The van der Waals surface area contributed by atoms with Crippen molar-refractivity contribution in [2.24, 2.45) is 5.41 Å². The number of aromatic nitrogens is 2. The predicted octanol–water partition coefficient (Wildman–Crippen LogP) is 2.52. The van der Waals surface area contributed by atoms with Crippen molar-refractivity contribution in [2.75, 3.05) is 31.5 Å². The Morgan fingerprint density at radius 3 is 2.37 bits per heavy atom. The number of rotatable bonds is 4. The van der Waals surface area contributed by atoms with Gasteiger partial charge in [-0.2, -0.15) is 5.10 Å². The quantitative estimate of drug-likeness (QED) is 0.878. The van der Waals surface area contributed by atoms with E-state index in [4.69, 9.17) is 0 Å². The van der Waals surface area contributed by atoms with Gasteiger partial charge in [0.05, 0.1) is 18.3 Å². The smallest absolute Gasteiger partial charge is 0.239 e. The maximum Gasteiger partial charge on any atom is 0.239 e. The van der Waals surface area contributed by atoms with E-state index in [1.54, 1.807) is 6.20 Å². The van der Waals surface area contributed by atoms with Crippen LogP contribution in [-0.4, -0.2) is 63.6 Å². The van der Waals surface area contributed by atoms with Crippen LogP contribution >= 0.6 is 0 Å². The number of hydrogen-bond acceptors (Lipinski definition) is 4. The molecule has 0 aromatic carbocycles. The summed E-state index contributed by atoms with van der Waals surface area (Å²) in [6, 6.07) is 2.04. The third-order valence-electron chi connectivity index (χ3n) is 5.76. The summed E-state index contributed by atoms with van der Waals surface area (Å²) in [5, 5.41) is 7.42. The number of nitrogens with zero attached hydrogens (tertiary/aromatic N) is 4. The second kappa shape index (κ2) is 8.00. The van der Waals surface area contributed by atoms with Crippen molar-refractivity contribution in [3.05, 3.63) is 12.3 Å². The lowest BCUT2D eigenvalue weighted by atomic mass is 9.96. The summed E-state index contributed by atoms with van der Waals surface area (Å²) in [7, 11) is 0. The van der Waals surface area contributed by atoms with Crippen LogP contribution in [0.25, 0.3) is 0 Å². The molecule has 2 aliphatic heterocycles. The molecular weight excluding hydrogens is 342 g/mol. The molecule has 1 N–H and O–H groups in total. The highest BCUT2D eigenvalue weighted by atomic mass is 16.2. The standard InChI is InChI=1S/C20H33N5O2/c1-15(23-11-5-6-12-23)18(26)24-13-8-16(9-14-24)25-17(7-10-21-25)22-19(27)20(2,3)4/h7,10,15-16H,5-6,8-9,11-14H2,1-4H3,(H,22,27)/t15-/m0/s1. The highest BCUT2D eigenvalue weighted by Crippen LogP contribution is 2.27. The van der Waals surface area contributed by atoms with Crippen LogP contribution in [0.15, 0.2) is 12.3 Å². The van der Waals surface area contributed by atoms with Crippen LogP contribution in [0.4, 0.5) is 5.82 Å². The molecule has 1 atom stereocenters. The lowest BCUT2D eigenvalue weighted by Gasteiger charge is -2.36. The first-order chi connectivity index (χ1) is 12.8. The van der Waals surface area contributed by atoms with Gasteiger partial charge in [-0.25, -0.2) is 4.68 Å². The van der Waals surface area contributed by atoms with Gasteiger partial charge in [-0.15, -0.1) is 0 Å². The molecule has 1 aromatic heterocycles. The minimum absolute atomic E-state index is 0.0173. The average molecular weight is 376 g/mol. The van der Waals surface area contributed by atoms with Crippen LogP contribution < -0.4 is 5.32 Å². The first-order valence-corrected chi connectivity index (χ1v) is 10.1. The Kier molecular flexibility index (Phi) is 5.89. The van der Waals surface area contributed by atoms with Gasteiger partial charge in [0.2, 0.25) is 11.8 Å². The van der Waals surface area contributed by atoms with Crippen LogP contribution in [0, 0.1) is 5.41 Å². The van der Waals surface area contributed by atoms with E-state index in [2.05, 4.69) is 15.3 Å². The van der Waals surface area contributed by atoms with Crippen molar-refractivity contribution in [3.8, 4) is 0 Å². The largest absolute Gasteiger partial charge is 0.341 e. The summed E-state index contributed by atoms with van der Waals surface area (Å²) in [6.45, 7) is 11.3. The number of likely N-dealkylation sites (tertiary alicyclic amines) is 2. The van der Waals surface area contributed by atoms with Crippen molar-refractivity contribution in [1.82, 2.24) is 19.6 Å². The molecule has 2 aliphatic rings. The molecule has 150 valence electrons. The summed E-state index contributed by atoms with van der Waals surface area (Å²) in [6.07, 6.45) is 5.84. The molecule has 2 saturated heterocycles. The molecule has 7 heteroatoms. The van der Waals surface area contributed by atoms with E-state index < -0.39 is 5.41 Å². The summed E-state index contributed by atoms with van der Waals surface area (Å²) in [5.74, 6) is 0.971. The van der Waals surface area contributed by atoms with Gasteiger partial charge in [0.15, 0.2) is 0 Å². The summed E-state index contributed by atoms with van der Waals surface area (Å²) in [4.78, 5) is 29.4. The zero-order valence-corrected chi connectivity index (χ0v) is 17.1. The van der Waals surface area contributed by atoms with Crippen LogP contribution in [0.2, 0.25) is 0 Å². The van der Waals surface area contributed by atoms with Crippen molar-refractivity contribution >= 4 is 17.6 Å². The molecule has 2 amide bonds. The van der Waals surface area contributed by atoms with E-state index in [1.165, 1.54) is 12.8 Å². The fourth-order valence-electron chi connectivity index (χ4n) is 3.89. The lowest BCUT2D eigenvalue weighted by molar-refractivity contribution is -0.137. The molecule has 27 heavy (non-hydrogen) atoms. The lowest BCUT2D eigenvalue weighted by Crippen LogP contribution is -2.49. The molecule has 0 saturated carbocycles. The fraction of sp³-hybridized carbons (Fsp3) is 0.750. The minimum Gasteiger partial charge on any atom is -0.341 e. The van der Waals surface area contributed by atoms with E-state index in [-0.39, 0.29) is 23.9 Å². The Bertz CT molecular complexity index is 664. The van der Waals surface area contributed by atoms with E-state index in [9.17, 15) is 9.59 Å². The normalized spacial score (nSPS) is 20.7. The van der Waals surface area contributed by atoms with Crippen molar-refractivity contribution < 1.29 is 9.59 Å². The van der Waals surface area contributed by atoms with Gasteiger partial charge in [-0.05, 0) is 45.7 Å². The van der Waals surface area contributed by atoms with Gasteiger partial charge in [-0.1, -0.05) is 20.8 Å². The molecular formula is C20H33N5O2. The molecule has 1 aromatic rings. The molecule has 2 fully saturated rings. The molecule has 0 unspecified atom stereocenters. The minimum atomic E-state index is -0.448. The van der Waals surface area contributed by atoms with Crippen molar-refractivity contribution in [1.29, 1.82) is 0 Å². The maximum atomic E-state index is 12.8. The fourth-order valence-corrected chi connectivity index (χ4v) is 3.89. The topological polar surface area (TPSA) is 70.5 Å². The molecule has 0 spiro atoms. The molecule has 3 heterocycles. The number of carbonyl (C=O) groups excluding carboxylic acids is 2.